The fourth-order valence-corrected chi connectivity index (χ4v) is 4.37. The molecule has 0 spiro atoms. The Balaban J connectivity index is 1.83. The summed E-state index contributed by atoms with van der Waals surface area (Å²) in [5.41, 5.74) is 1.28. The van der Waals surface area contributed by atoms with Crippen LogP contribution in [0.2, 0.25) is 0 Å². The Morgan fingerprint density at radius 1 is 1.23 bits per heavy atom. The number of ether oxygens (including phenoxy) is 2. The van der Waals surface area contributed by atoms with Gasteiger partial charge in [-0.1, -0.05) is 12.1 Å². The average molecular weight is 383 g/mol. The lowest BCUT2D eigenvalue weighted by Gasteiger charge is -2.23. The predicted molar refractivity (Wildman–Crippen MR) is 96.5 cm³/mol. The first-order valence-corrected chi connectivity index (χ1v) is 10.3. The van der Waals surface area contributed by atoms with Crippen molar-refractivity contribution in [3.8, 4) is 0 Å². The highest BCUT2D eigenvalue weighted by Gasteiger charge is 2.32. The van der Waals surface area contributed by atoms with Crippen molar-refractivity contribution >= 4 is 21.7 Å². The van der Waals surface area contributed by atoms with Gasteiger partial charge in [0, 0.05) is 13.1 Å². The third kappa shape index (κ3) is 5.81. The molecule has 1 saturated heterocycles. The molecule has 1 atom stereocenters. The van der Waals surface area contributed by atoms with Crippen LogP contribution in [0.4, 0.5) is 0 Å². The monoisotopic (exact) mass is 383 g/mol. The molecule has 1 aromatic carbocycles. The summed E-state index contributed by atoms with van der Waals surface area (Å²) in [5, 5.41) is 0. The number of rotatable bonds is 7. The summed E-state index contributed by atoms with van der Waals surface area (Å²) < 4.78 is 33.5. The van der Waals surface area contributed by atoms with E-state index in [0.717, 1.165) is 5.56 Å². The molecule has 26 heavy (non-hydrogen) atoms. The zero-order chi connectivity index (χ0) is 19.3. The molecule has 0 bridgehead atoms. The van der Waals surface area contributed by atoms with Gasteiger partial charge < -0.3 is 14.4 Å². The number of amides is 1. The first kappa shape index (κ1) is 20.4. The third-order valence-corrected chi connectivity index (χ3v) is 6.00. The largest absolute Gasteiger partial charge is 0.452 e. The van der Waals surface area contributed by atoms with Crippen LogP contribution in [0.1, 0.15) is 36.2 Å². The molecule has 0 aliphatic carbocycles. The second-order valence-corrected chi connectivity index (χ2v) is 8.92. The first-order chi connectivity index (χ1) is 12.2. The summed E-state index contributed by atoms with van der Waals surface area (Å²) in [5.74, 6) is -0.963. The SMILES string of the molecule is CC(C)OCc1ccc(C(=O)OCC(=O)N(C)[C@H]2CCS(=O)(=O)C2)cc1. The Labute approximate surface area is 154 Å². The molecule has 1 aromatic rings. The van der Waals surface area contributed by atoms with E-state index in [9.17, 15) is 18.0 Å². The summed E-state index contributed by atoms with van der Waals surface area (Å²) in [6.07, 6.45) is 0.538. The van der Waals surface area contributed by atoms with Gasteiger partial charge in [-0.2, -0.15) is 0 Å². The summed E-state index contributed by atoms with van der Waals surface area (Å²) in [6.45, 7) is 3.94. The van der Waals surface area contributed by atoms with Gasteiger partial charge in [-0.25, -0.2) is 13.2 Å². The number of hydrogen-bond donors (Lipinski definition) is 0. The first-order valence-electron chi connectivity index (χ1n) is 8.51. The predicted octanol–water partition coefficient (Wildman–Crippen LogP) is 1.41. The van der Waals surface area contributed by atoms with Crippen LogP contribution in [-0.2, 0) is 30.7 Å². The van der Waals surface area contributed by atoms with Crippen LogP contribution in [0, 0.1) is 0 Å². The Hall–Kier alpha value is -1.93. The number of nitrogens with zero attached hydrogens (tertiary/aromatic N) is 1. The minimum Gasteiger partial charge on any atom is -0.452 e. The van der Waals surface area contributed by atoms with Gasteiger partial charge in [-0.15, -0.1) is 0 Å². The number of sulfone groups is 1. The Morgan fingerprint density at radius 3 is 2.42 bits per heavy atom. The van der Waals surface area contributed by atoms with Gasteiger partial charge >= 0.3 is 5.97 Å². The van der Waals surface area contributed by atoms with Gasteiger partial charge in [0.25, 0.3) is 5.91 Å². The molecule has 0 saturated carbocycles. The second-order valence-electron chi connectivity index (χ2n) is 6.69. The fourth-order valence-electron chi connectivity index (χ4n) is 2.60. The number of likely N-dealkylation sites (N-methyl/N-ethyl adjacent to an activating group) is 1. The summed E-state index contributed by atoms with van der Waals surface area (Å²) >= 11 is 0. The Bertz CT molecular complexity index is 741. The molecular weight excluding hydrogens is 358 g/mol. The maximum absolute atomic E-state index is 12.1. The van der Waals surface area contributed by atoms with E-state index in [2.05, 4.69) is 0 Å². The molecule has 7 nitrogen and oxygen atoms in total. The molecule has 1 amide bonds. The van der Waals surface area contributed by atoms with Gasteiger partial charge in [0.15, 0.2) is 16.4 Å². The molecular formula is C18H25NO6S. The van der Waals surface area contributed by atoms with Crippen molar-refractivity contribution in [2.24, 2.45) is 0 Å². The van der Waals surface area contributed by atoms with E-state index in [1.54, 1.807) is 24.3 Å². The van der Waals surface area contributed by atoms with Crippen molar-refractivity contribution in [1.82, 2.24) is 4.90 Å². The number of carbonyl (C=O) groups is 2. The lowest BCUT2D eigenvalue weighted by atomic mass is 10.1. The van der Waals surface area contributed by atoms with Gasteiger partial charge in [-0.3, -0.25) is 4.79 Å². The van der Waals surface area contributed by atoms with E-state index in [0.29, 0.717) is 18.6 Å². The maximum atomic E-state index is 12.1. The van der Waals surface area contributed by atoms with Gasteiger partial charge in [-0.05, 0) is 38.0 Å². The highest BCUT2D eigenvalue weighted by atomic mass is 32.2. The highest BCUT2D eigenvalue weighted by Crippen LogP contribution is 2.16. The van der Waals surface area contributed by atoms with Crippen molar-refractivity contribution in [3.05, 3.63) is 35.4 Å². The summed E-state index contributed by atoms with van der Waals surface area (Å²) in [6, 6.07) is 6.44. The second kappa shape index (κ2) is 8.64. The molecule has 0 unspecified atom stereocenters. The zero-order valence-corrected chi connectivity index (χ0v) is 16.1. The normalized spacial score (nSPS) is 18.7. The minimum absolute atomic E-state index is 0.0386. The van der Waals surface area contributed by atoms with Crippen LogP contribution >= 0.6 is 0 Å². The van der Waals surface area contributed by atoms with E-state index < -0.39 is 28.3 Å². The Morgan fingerprint density at radius 2 is 1.88 bits per heavy atom. The fraction of sp³-hybridized carbons (Fsp3) is 0.556. The van der Waals surface area contributed by atoms with Crippen molar-refractivity contribution in [3.63, 3.8) is 0 Å². The van der Waals surface area contributed by atoms with Crippen LogP contribution < -0.4 is 0 Å². The number of esters is 1. The van der Waals surface area contributed by atoms with E-state index in [1.165, 1.54) is 11.9 Å². The summed E-state index contributed by atoms with van der Waals surface area (Å²) in [4.78, 5) is 25.5. The molecule has 0 radical (unpaired) electrons. The minimum atomic E-state index is -3.07. The third-order valence-electron chi connectivity index (χ3n) is 4.25. The molecule has 0 aromatic heterocycles. The molecule has 2 rings (SSSR count). The number of benzene rings is 1. The highest BCUT2D eigenvalue weighted by molar-refractivity contribution is 7.91. The topological polar surface area (TPSA) is 90.0 Å². The van der Waals surface area contributed by atoms with Gasteiger partial charge in [0.1, 0.15) is 0 Å². The lowest BCUT2D eigenvalue weighted by Crippen LogP contribution is -2.40. The van der Waals surface area contributed by atoms with Crippen LogP contribution in [0.15, 0.2) is 24.3 Å². The Kier molecular flexibility index (Phi) is 6.77. The molecule has 1 heterocycles. The maximum Gasteiger partial charge on any atom is 0.338 e. The van der Waals surface area contributed by atoms with Crippen molar-refractivity contribution in [1.29, 1.82) is 0 Å². The van der Waals surface area contributed by atoms with Crippen molar-refractivity contribution in [2.45, 2.75) is 39.0 Å². The quantitative estimate of drug-likeness (QED) is 0.662. The van der Waals surface area contributed by atoms with E-state index >= 15 is 0 Å². The molecule has 8 heteroatoms. The smallest absolute Gasteiger partial charge is 0.338 e. The van der Waals surface area contributed by atoms with Crippen LogP contribution in [0.5, 0.6) is 0 Å². The van der Waals surface area contributed by atoms with Gasteiger partial charge in [0.2, 0.25) is 0 Å². The molecule has 144 valence electrons. The standard InChI is InChI=1S/C18H25NO6S/c1-13(2)24-10-14-4-6-15(7-5-14)18(21)25-11-17(20)19(3)16-8-9-26(22,23)12-16/h4-7,13,16H,8-12H2,1-3H3/t16-/m0/s1. The van der Waals surface area contributed by atoms with E-state index in [1.807, 2.05) is 13.8 Å². The average Bonchev–Trinajstić information content (AvgIpc) is 2.97. The zero-order valence-electron chi connectivity index (χ0n) is 15.3. The van der Waals surface area contributed by atoms with Crippen LogP contribution in [0.25, 0.3) is 0 Å². The molecule has 1 aliphatic heterocycles. The molecule has 0 N–H and O–H groups in total. The van der Waals surface area contributed by atoms with E-state index in [-0.39, 0.29) is 23.7 Å². The summed E-state index contributed by atoms with van der Waals surface area (Å²) in [7, 11) is -1.54. The van der Waals surface area contributed by atoms with Crippen LogP contribution in [0.3, 0.4) is 0 Å². The lowest BCUT2D eigenvalue weighted by molar-refractivity contribution is -0.134. The molecule has 1 aliphatic rings. The van der Waals surface area contributed by atoms with Gasteiger partial charge in [0.05, 0.1) is 29.8 Å². The molecule has 1 fully saturated rings. The van der Waals surface area contributed by atoms with Crippen molar-refractivity contribution < 1.29 is 27.5 Å². The number of hydrogen-bond acceptors (Lipinski definition) is 6. The number of carbonyl (C=O) groups excluding carboxylic acids is 2. The van der Waals surface area contributed by atoms with Crippen LogP contribution in [-0.4, -0.2) is 62.5 Å². The van der Waals surface area contributed by atoms with Crippen molar-refractivity contribution in [2.75, 3.05) is 25.2 Å². The van der Waals surface area contributed by atoms with E-state index in [4.69, 9.17) is 9.47 Å².